The van der Waals surface area contributed by atoms with E-state index in [1.165, 1.54) is 0 Å². The highest BCUT2D eigenvalue weighted by Gasteiger charge is 2.41. The van der Waals surface area contributed by atoms with Gasteiger partial charge in [-0.3, -0.25) is 9.59 Å². The van der Waals surface area contributed by atoms with Gasteiger partial charge in [-0.1, -0.05) is 23.2 Å². The van der Waals surface area contributed by atoms with Gasteiger partial charge >= 0.3 is 0 Å². The number of hydrogen-bond acceptors (Lipinski definition) is 3. The van der Waals surface area contributed by atoms with Crippen molar-refractivity contribution in [3.63, 3.8) is 0 Å². The van der Waals surface area contributed by atoms with Crippen molar-refractivity contribution in [3.05, 3.63) is 28.2 Å². The minimum atomic E-state index is -0.611. The van der Waals surface area contributed by atoms with Gasteiger partial charge in [0, 0.05) is 31.4 Å². The molecule has 2 atom stereocenters. The fourth-order valence-electron chi connectivity index (χ4n) is 3.03. The average Bonchev–Trinajstić information content (AvgIpc) is 3.08. The summed E-state index contributed by atoms with van der Waals surface area (Å²) in [5, 5.41) is 0.836. The van der Waals surface area contributed by atoms with Crippen LogP contribution in [0.2, 0.25) is 10.0 Å². The summed E-state index contributed by atoms with van der Waals surface area (Å²) in [5.41, 5.74) is 6.50. The predicted octanol–water partition coefficient (Wildman–Crippen LogP) is 1.91. The summed E-state index contributed by atoms with van der Waals surface area (Å²) in [6.07, 6.45) is 1.31. The number of benzene rings is 1. The summed E-state index contributed by atoms with van der Waals surface area (Å²) in [4.78, 5) is 28.3. The van der Waals surface area contributed by atoms with Crippen LogP contribution < -0.4 is 10.6 Å². The molecule has 0 bridgehead atoms. The molecule has 0 radical (unpaired) electrons. The lowest BCUT2D eigenvalue weighted by molar-refractivity contribution is -0.139. The first-order valence-corrected chi connectivity index (χ1v) is 8.04. The molecule has 2 amide bonds. The molecule has 22 heavy (non-hydrogen) atoms. The maximum atomic E-state index is 12.6. The van der Waals surface area contributed by atoms with Crippen molar-refractivity contribution in [3.8, 4) is 0 Å². The third kappa shape index (κ3) is 2.81. The summed E-state index contributed by atoms with van der Waals surface area (Å²) in [7, 11) is 0. The third-order valence-corrected chi connectivity index (χ3v) is 4.99. The Bertz CT molecular complexity index is 623. The summed E-state index contributed by atoms with van der Waals surface area (Å²) in [5.74, 6) is -0.899. The number of likely N-dealkylation sites (tertiary alicyclic amines) is 1. The van der Waals surface area contributed by atoms with Gasteiger partial charge in [-0.2, -0.15) is 0 Å². The number of rotatable bonds is 2. The van der Waals surface area contributed by atoms with Crippen LogP contribution in [0.25, 0.3) is 0 Å². The van der Waals surface area contributed by atoms with Crippen molar-refractivity contribution in [2.45, 2.75) is 18.9 Å². The summed E-state index contributed by atoms with van der Waals surface area (Å²) in [6, 6.07) is 5.07. The van der Waals surface area contributed by atoms with Crippen LogP contribution in [0.3, 0.4) is 0 Å². The molecule has 5 nitrogen and oxygen atoms in total. The largest absolute Gasteiger partial charge is 0.340 e. The lowest BCUT2D eigenvalue weighted by Gasteiger charge is -2.20. The van der Waals surface area contributed by atoms with Crippen LogP contribution in [0.4, 0.5) is 5.69 Å². The second kappa shape index (κ2) is 6.07. The Hall–Kier alpha value is -1.30. The first-order chi connectivity index (χ1) is 10.5. The van der Waals surface area contributed by atoms with Crippen molar-refractivity contribution < 1.29 is 9.59 Å². The van der Waals surface area contributed by atoms with Gasteiger partial charge < -0.3 is 15.5 Å². The van der Waals surface area contributed by atoms with Crippen molar-refractivity contribution in [1.29, 1.82) is 0 Å². The Morgan fingerprint density at radius 2 is 1.95 bits per heavy atom. The maximum absolute atomic E-state index is 12.6. The Balaban J connectivity index is 1.74. The van der Waals surface area contributed by atoms with E-state index < -0.39 is 5.92 Å². The normalized spacial score (nSPS) is 25.1. The quantitative estimate of drug-likeness (QED) is 0.835. The monoisotopic (exact) mass is 341 g/mol. The van der Waals surface area contributed by atoms with E-state index >= 15 is 0 Å². The molecule has 118 valence electrons. The smallest absolute Gasteiger partial charge is 0.239 e. The SMILES string of the molecule is N[C@H]1CCN(C(=O)[C@@H]2CCN(c3ccc(Cl)c(Cl)c3)C2=O)C1. The molecule has 2 aliphatic heterocycles. The van der Waals surface area contributed by atoms with Crippen LogP contribution >= 0.6 is 23.2 Å². The highest BCUT2D eigenvalue weighted by atomic mass is 35.5. The van der Waals surface area contributed by atoms with Gasteiger partial charge in [0.05, 0.1) is 10.0 Å². The van der Waals surface area contributed by atoms with E-state index in [-0.39, 0.29) is 17.9 Å². The van der Waals surface area contributed by atoms with Gasteiger partial charge in [0.25, 0.3) is 0 Å². The van der Waals surface area contributed by atoms with E-state index in [0.29, 0.717) is 41.8 Å². The zero-order valence-corrected chi connectivity index (χ0v) is 13.5. The number of nitrogens with zero attached hydrogens (tertiary/aromatic N) is 2. The molecular weight excluding hydrogens is 325 g/mol. The molecule has 2 fully saturated rings. The number of amides is 2. The second-order valence-corrected chi connectivity index (χ2v) is 6.58. The number of carbonyl (C=O) groups excluding carboxylic acids is 2. The zero-order valence-electron chi connectivity index (χ0n) is 12.0. The van der Waals surface area contributed by atoms with Crippen LogP contribution in [-0.4, -0.2) is 42.4 Å². The van der Waals surface area contributed by atoms with Gasteiger partial charge in [0.1, 0.15) is 5.92 Å². The van der Waals surface area contributed by atoms with Gasteiger partial charge in [0.2, 0.25) is 11.8 Å². The van der Waals surface area contributed by atoms with Crippen LogP contribution in [0, 0.1) is 5.92 Å². The molecule has 2 heterocycles. The van der Waals surface area contributed by atoms with Crippen LogP contribution in [0.5, 0.6) is 0 Å². The molecule has 0 aliphatic carbocycles. The molecule has 0 saturated carbocycles. The molecule has 2 N–H and O–H groups in total. The van der Waals surface area contributed by atoms with Crippen molar-refractivity contribution in [2.24, 2.45) is 11.7 Å². The molecular formula is C15H17Cl2N3O2. The molecule has 7 heteroatoms. The van der Waals surface area contributed by atoms with Gasteiger partial charge in [0.15, 0.2) is 0 Å². The van der Waals surface area contributed by atoms with Crippen LogP contribution in [0.15, 0.2) is 18.2 Å². The molecule has 0 aromatic heterocycles. The highest BCUT2D eigenvalue weighted by molar-refractivity contribution is 6.42. The standard InChI is InChI=1S/C15H17Cl2N3O2/c16-12-2-1-10(7-13(12)17)20-6-4-11(15(20)22)14(21)19-5-3-9(18)8-19/h1-2,7,9,11H,3-6,8,18H2/t9-,11-/m0/s1. The summed E-state index contributed by atoms with van der Waals surface area (Å²) in [6.45, 7) is 1.68. The fourth-order valence-corrected chi connectivity index (χ4v) is 3.32. The lowest BCUT2D eigenvalue weighted by atomic mass is 10.1. The molecule has 0 unspecified atom stereocenters. The van der Waals surface area contributed by atoms with E-state index in [9.17, 15) is 9.59 Å². The van der Waals surface area contributed by atoms with Crippen LogP contribution in [-0.2, 0) is 9.59 Å². The van der Waals surface area contributed by atoms with Crippen molar-refractivity contribution in [1.82, 2.24) is 4.90 Å². The van der Waals surface area contributed by atoms with E-state index in [0.717, 1.165) is 6.42 Å². The Kier molecular flexibility index (Phi) is 4.30. The van der Waals surface area contributed by atoms with E-state index in [1.807, 2.05) is 0 Å². The first-order valence-electron chi connectivity index (χ1n) is 7.28. The minimum Gasteiger partial charge on any atom is -0.340 e. The number of hydrogen-bond donors (Lipinski definition) is 1. The second-order valence-electron chi connectivity index (χ2n) is 5.76. The van der Waals surface area contributed by atoms with Crippen molar-refractivity contribution in [2.75, 3.05) is 24.5 Å². The summed E-state index contributed by atoms with van der Waals surface area (Å²) >= 11 is 11.9. The number of carbonyl (C=O) groups is 2. The number of anilines is 1. The highest BCUT2D eigenvalue weighted by Crippen LogP contribution is 2.32. The maximum Gasteiger partial charge on any atom is 0.239 e. The zero-order chi connectivity index (χ0) is 15.9. The minimum absolute atomic E-state index is 0.0200. The van der Waals surface area contributed by atoms with Gasteiger partial charge in [-0.05, 0) is 31.0 Å². The number of halogens is 2. The molecule has 2 aliphatic rings. The van der Waals surface area contributed by atoms with Crippen LogP contribution in [0.1, 0.15) is 12.8 Å². The van der Waals surface area contributed by atoms with Gasteiger partial charge in [-0.15, -0.1) is 0 Å². The molecule has 2 saturated heterocycles. The fraction of sp³-hybridized carbons (Fsp3) is 0.467. The molecule has 1 aromatic carbocycles. The Morgan fingerprint density at radius 1 is 1.18 bits per heavy atom. The molecule has 0 spiro atoms. The summed E-state index contributed by atoms with van der Waals surface area (Å²) < 4.78 is 0. The molecule has 1 aromatic rings. The van der Waals surface area contributed by atoms with E-state index in [1.54, 1.807) is 28.0 Å². The first kappa shape index (κ1) is 15.6. The average molecular weight is 342 g/mol. The molecule has 3 rings (SSSR count). The van der Waals surface area contributed by atoms with E-state index in [4.69, 9.17) is 28.9 Å². The Labute approximate surface area is 138 Å². The third-order valence-electron chi connectivity index (χ3n) is 4.25. The van der Waals surface area contributed by atoms with E-state index in [2.05, 4.69) is 0 Å². The Morgan fingerprint density at radius 3 is 2.59 bits per heavy atom. The van der Waals surface area contributed by atoms with Gasteiger partial charge in [-0.25, -0.2) is 0 Å². The lowest BCUT2D eigenvalue weighted by Crippen LogP contribution is -2.40. The predicted molar refractivity (Wildman–Crippen MR) is 86.1 cm³/mol. The topological polar surface area (TPSA) is 66.6 Å². The number of nitrogens with two attached hydrogens (primary N) is 1. The van der Waals surface area contributed by atoms with Crippen molar-refractivity contribution >= 4 is 40.7 Å².